The predicted molar refractivity (Wildman–Crippen MR) is 591 cm³/mol. The van der Waals surface area contributed by atoms with Crippen molar-refractivity contribution in [3.63, 3.8) is 0 Å². The molecule has 0 bridgehead atoms. The molecule has 4 heterocycles. The highest BCUT2D eigenvalue weighted by molar-refractivity contribution is 6.29. The molecule has 2 aliphatic carbocycles. The molecule has 0 atom stereocenters. The van der Waals surface area contributed by atoms with Crippen LogP contribution in [0.3, 0.4) is 0 Å². The first-order valence-corrected chi connectivity index (χ1v) is 48.6. The molecule has 2 aromatic heterocycles. The number of aliphatic imine (C=N–C) groups is 2. The number of nitriles is 2. The van der Waals surface area contributed by atoms with Crippen LogP contribution in [0.25, 0.3) is 122 Å². The Morgan fingerprint density at radius 3 is 0.826 bits per heavy atom. The van der Waals surface area contributed by atoms with Crippen LogP contribution in [0.5, 0.6) is 0 Å². The molecule has 0 amide bonds. The van der Waals surface area contributed by atoms with E-state index in [4.69, 9.17) is 20.0 Å². The largest absolute Gasteiger partial charge is 0.339 e. The number of nitrogens with one attached hydrogen (secondary N) is 2. The number of hydrogen-bond acceptors (Lipinski definition) is 8. The Morgan fingerprint density at radius 1 is 0.229 bits per heavy atom. The van der Waals surface area contributed by atoms with Crippen molar-refractivity contribution >= 4 is 101 Å². The molecule has 0 unspecified atom stereocenters. The van der Waals surface area contributed by atoms with E-state index in [0.717, 1.165) is 157 Å². The molecule has 26 rings (SSSR count). The lowest BCUT2D eigenvalue weighted by atomic mass is 9.67. The van der Waals surface area contributed by atoms with Gasteiger partial charge in [0.2, 0.25) is 0 Å². The molecule has 2 N–H and O–H groups in total. The molecule has 0 fully saturated rings. The van der Waals surface area contributed by atoms with Crippen LogP contribution < -0.4 is 20.4 Å². The normalized spacial score (nSPS) is 13.6. The van der Waals surface area contributed by atoms with Gasteiger partial charge in [-0.1, -0.05) is 376 Å². The fourth-order valence-corrected chi connectivity index (χ4v) is 22.6. The van der Waals surface area contributed by atoms with Crippen LogP contribution in [0.2, 0.25) is 0 Å². The highest BCUT2D eigenvalue weighted by atomic mass is 15.1. The molecule has 144 heavy (non-hydrogen) atoms. The van der Waals surface area contributed by atoms with E-state index in [2.05, 4.69) is 457 Å². The summed E-state index contributed by atoms with van der Waals surface area (Å²) < 4.78 is 0. The number of amidine groups is 2. The summed E-state index contributed by atoms with van der Waals surface area (Å²) in [5.41, 5.74) is 38.2. The van der Waals surface area contributed by atoms with Gasteiger partial charge >= 0.3 is 0 Å². The SMILES string of the molecule is N#C/C(=C(/C#N)c1ccc(N(c2ccc(-c3ccccc3)cc2)c2ccc(-c3ccc(N=C4Nc5ccc(-c6ccc7c(c6)C(c6ccccc6)(c6ccccc6)c6ccccc6-7)c6cccc4c56)nc3)cc2)cc1)c1ccc(N(c2ccc(-c3ccccc3)cc2)c2ccc(-c3ccc(N=C4Nc5ccc(-c6ccc7c(c6)C(c6ccccc6)(c6ccccc6)c6ccccc6-7)c6cccc4c56)nc3)cc2)cc1. The number of fused-ring (bicyclic) bond motifs is 6. The zero-order valence-electron chi connectivity index (χ0n) is 78.1. The molecule has 0 spiro atoms. The summed E-state index contributed by atoms with van der Waals surface area (Å²) in [6.07, 6.45) is 3.78. The van der Waals surface area contributed by atoms with E-state index >= 15 is 0 Å². The zero-order chi connectivity index (χ0) is 95.8. The van der Waals surface area contributed by atoms with E-state index in [9.17, 15) is 10.5 Å². The first kappa shape index (κ1) is 84.9. The van der Waals surface area contributed by atoms with E-state index in [1.165, 1.54) is 66.8 Å². The lowest BCUT2D eigenvalue weighted by Gasteiger charge is -2.34. The lowest BCUT2D eigenvalue weighted by Crippen LogP contribution is -2.28. The minimum absolute atomic E-state index is 0.260. The van der Waals surface area contributed by atoms with Gasteiger partial charge in [0, 0.05) is 90.9 Å². The Labute approximate surface area is 835 Å². The minimum atomic E-state index is -0.515. The number of pyridine rings is 2. The Balaban J connectivity index is 0.463. The number of aromatic nitrogens is 2. The first-order chi connectivity index (χ1) is 71.3. The Bertz CT molecular complexity index is 8370. The van der Waals surface area contributed by atoms with Crippen LogP contribution in [0.4, 0.5) is 57.1 Å². The van der Waals surface area contributed by atoms with Crippen LogP contribution in [0.1, 0.15) is 66.8 Å². The third-order valence-electron chi connectivity index (χ3n) is 29.3. The summed E-state index contributed by atoms with van der Waals surface area (Å²) in [7, 11) is 0. The number of anilines is 8. The van der Waals surface area contributed by atoms with Crippen molar-refractivity contribution in [2.75, 3.05) is 20.4 Å². The van der Waals surface area contributed by atoms with Gasteiger partial charge in [-0.15, -0.1) is 0 Å². The summed E-state index contributed by atoms with van der Waals surface area (Å²) in [6.45, 7) is 0. The average Bonchev–Trinajstić information content (AvgIpc) is 1.54. The average molecular weight is 1840 g/mol. The summed E-state index contributed by atoms with van der Waals surface area (Å²) in [5.74, 6) is 2.67. The molecule has 4 aliphatic rings. The van der Waals surface area contributed by atoms with Gasteiger partial charge in [-0.25, -0.2) is 20.0 Å². The second-order valence-electron chi connectivity index (χ2n) is 37.0. The number of nitrogens with zero attached hydrogens (tertiary/aromatic N) is 8. The van der Waals surface area contributed by atoms with Gasteiger partial charge in [0.15, 0.2) is 11.6 Å². The van der Waals surface area contributed by atoms with Gasteiger partial charge < -0.3 is 20.4 Å². The fourth-order valence-electron chi connectivity index (χ4n) is 22.6. The molecule has 0 saturated heterocycles. The monoisotopic (exact) mass is 1830 g/mol. The lowest BCUT2D eigenvalue weighted by molar-refractivity contribution is 0.769. The van der Waals surface area contributed by atoms with Gasteiger partial charge in [-0.05, 0) is 266 Å². The van der Waals surface area contributed by atoms with Gasteiger partial charge in [-0.2, -0.15) is 10.5 Å². The topological polar surface area (TPSA) is 129 Å². The van der Waals surface area contributed by atoms with E-state index in [1.54, 1.807) is 0 Å². The van der Waals surface area contributed by atoms with Crippen LogP contribution in [0.15, 0.2) is 520 Å². The van der Waals surface area contributed by atoms with Crippen molar-refractivity contribution in [3.05, 3.63) is 577 Å². The van der Waals surface area contributed by atoms with Gasteiger partial charge in [0.1, 0.15) is 23.8 Å². The maximum atomic E-state index is 11.2. The highest BCUT2D eigenvalue weighted by Crippen LogP contribution is 2.60. The van der Waals surface area contributed by atoms with Gasteiger partial charge in [0.25, 0.3) is 0 Å². The van der Waals surface area contributed by atoms with Crippen molar-refractivity contribution in [2.24, 2.45) is 9.98 Å². The van der Waals surface area contributed by atoms with Crippen LogP contribution >= 0.6 is 0 Å². The maximum absolute atomic E-state index is 11.2. The standard InChI is InChI=1S/C134H86N10/c135-83-119(93-53-69-107(70-54-93)143(103-61-45-89(46-62-103)87-25-7-1-8-26-87)105-65-49-91(50-66-105)97-59-79-127(137-85-97)141-131-117-41-23-39-115-109(75-77-125(139-131)129(115)117)95-57-73-113-111-37-19-21-43-121(111)133(123(113)81-95,99-29-11-3-12-30-99)100-31-13-4-14-32-100)120(84-136)94-55-71-108(72-56-94)144(104-63-47-90(48-64-104)88-27-9-2-10-28-88)106-67-51-92(52-68-106)98-60-80-128(138-86-98)142-132-118-42-24-40-116-110(76-78-126(140-132)130(116)118)96-58-74-114-112-38-20-22-44-122(112)134(124(114)82-96,101-33-15-5-16-34-101)102-35-17-6-18-36-102/h1-82,85-86H,(H,137,139,141)(H,138,140,142)/b120-119+. The molecular formula is C134H86N10. The van der Waals surface area contributed by atoms with Crippen LogP contribution in [-0.4, -0.2) is 21.6 Å². The molecule has 22 aromatic rings. The fraction of sp³-hybridized carbons (Fsp3) is 0.0149. The Hall–Kier alpha value is -19.5. The zero-order valence-corrected chi connectivity index (χ0v) is 78.1. The van der Waals surface area contributed by atoms with Gasteiger partial charge in [-0.3, -0.25) is 0 Å². The van der Waals surface area contributed by atoms with Crippen molar-refractivity contribution in [1.82, 2.24) is 9.97 Å². The van der Waals surface area contributed by atoms with Gasteiger partial charge in [0.05, 0.1) is 22.0 Å². The van der Waals surface area contributed by atoms with E-state index in [-0.39, 0.29) is 11.1 Å². The van der Waals surface area contributed by atoms with E-state index in [0.29, 0.717) is 22.8 Å². The van der Waals surface area contributed by atoms with E-state index < -0.39 is 10.8 Å². The first-order valence-electron chi connectivity index (χ1n) is 48.6. The minimum Gasteiger partial charge on any atom is -0.339 e. The molecule has 2 aliphatic heterocycles. The van der Waals surface area contributed by atoms with Crippen molar-refractivity contribution in [1.29, 1.82) is 10.5 Å². The molecule has 20 aromatic carbocycles. The number of hydrogen-bond donors (Lipinski definition) is 2. The van der Waals surface area contributed by atoms with Crippen LogP contribution in [0, 0.1) is 22.7 Å². The quantitative estimate of drug-likeness (QED) is 0.0570. The summed E-state index contributed by atoms with van der Waals surface area (Å²) >= 11 is 0. The smallest absolute Gasteiger partial charge is 0.154 e. The Kier molecular flexibility index (Phi) is 20.9. The second-order valence-corrected chi connectivity index (χ2v) is 37.0. The summed E-state index contributed by atoms with van der Waals surface area (Å²) in [5, 5.41) is 34.3. The molecule has 10 nitrogen and oxygen atoms in total. The van der Waals surface area contributed by atoms with Crippen molar-refractivity contribution in [3.8, 4) is 101 Å². The summed E-state index contributed by atoms with van der Waals surface area (Å²) in [4.78, 5) is 24.8. The molecular weight excluding hydrogens is 1750 g/mol. The number of rotatable bonds is 20. The number of benzene rings is 20. The third kappa shape index (κ3) is 14.4. The number of allylic oxidation sites excluding steroid dienone is 2. The summed E-state index contributed by atoms with van der Waals surface area (Å²) in [6, 6.07) is 181. The molecule has 672 valence electrons. The highest BCUT2D eigenvalue weighted by Gasteiger charge is 2.48. The predicted octanol–water partition coefficient (Wildman–Crippen LogP) is 33.4. The van der Waals surface area contributed by atoms with Crippen molar-refractivity contribution in [2.45, 2.75) is 10.8 Å². The molecule has 10 heteroatoms. The second kappa shape index (κ2) is 35.5. The molecule has 0 saturated carbocycles. The third-order valence-corrected chi connectivity index (χ3v) is 29.3. The van der Waals surface area contributed by atoms with Crippen LogP contribution in [-0.2, 0) is 10.8 Å². The van der Waals surface area contributed by atoms with Crippen molar-refractivity contribution < 1.29 is 0 Å². The molecule has 0 radical (unpaired) electrons. The maximum Gasteiger partial charge on any atom is 0.154 e. The Morgan fingerprint density at radius 2 is 0.500 bits per heavy atom. The van der Waals surface area contributed by atoms with E-state index in [1.807, 2.05) is 85.2 Å².